The van der Waals surface area contributed by atoms with Gasteiger partial charge in [0.2, 0.25) is 5.91 Å². The number of nitrogens with two attached hydrogens (primary N) is 1. The van der Waals surface area contributed by atoms with E-state index in [1.165, 1.54) is 0 Å². The molecule has 86 valence electrons. The van der Waals surface area contributed by atoms with Crippen molar-refractivity contribution in [2.75, 3.05) is 0 Å². The van der Waals surface area contributed by atoms with Crippen LogP contribution in [0.4, 0.5) is 0 Å². The molecule has 2 rings (SSSR count). The molecule has 0 atom stereocenters. The summed E-state index contributed by atoms with van der Waals surface area (Å²) < 4.78 is 0. The monoisotopic (exact) mass is 210 g/mol. The minimum Gasteiger partial charge on any atom is -0.353 e. The van der Waals surface area contributed by atoms with Gasteiger partial charge in [-0.25, -0.2) is 0 Å². The van der Waals surface area contributed by atoms with Crippen molar-refractivity contribution in [3.63, 3.8) is 0 Å². The van der Waals surface area contributed by atoms with Crippen LogP contribution in [0.5, 0.6) is 0 Å². The van der Waals surface area contributed by atoms with Crippen molar-refractivity contribution in [1.82, 2.24) is 5.32 Å². The topological polar surface area (TPSA) is 55.1 Å². The fourth-order valence-corrected chi connectivity index (χ4v) is 2.49. The molecule has 3 nitrogen and oxygen atoms in total. The molecule has 0 spiro atoms. The highest BCUT2D eigenvalue weighted by Crippen LogP contribution is 2.48. The maximum absolute atomic E-state index is 12.0. The number of carbonyl (C=O) groups is 1. The molecule has 1 amide bonds. The quantitative estimate of drug-likeness (QED) is 0.742. The van der Waals surface area contributed by atoms with E-state index in [9.17, 15) is 4.79 Å². The van der Waals surface area contributed by atoms with Gasteiger partial charge in [-0.05, 0) is 44.9 Å². The summed E-state index contributed by atoms with van der Waals surface area (Å²) in [5.74, 6) is 0.297. The van der Waals surface area contributed by atoms with Gasteiger partial charge >= 0.3 is 0 Å². The second-order valence-electron chi connectivity index (χ2n) is 5.22. The highest BCUT2D eigenvalue weighted by Gasteiger charge is 2.48. The smallest absolute Gasteiger partial charge is 0.226 e. The van der Waals surface area contributed by atoms with E-state index in [1.54, 1.807) is 0 Å². The van der Waals surface area contributed by atoms with Gasteiger partial charge in [0.1, 0.15) is 0 Å². The van der Waals surface area contributed by atoms with Crippen molar-refractivity contribution in [2.45, 2.75) is 64.0 Å². The lowest BCUT2D eigenvalue weighted by Crippen LogP contribution is -2.43. The first-order valence-corrected chi connectivity index (χ1v) is 6.23. The highest BCUT2D eigenvalue weighted by atomic mass is 16.2. The Hall–Kier alpha value is -0.570. The van der Waals surface area contributed by atoms with E-state index in [4.69, 9.17) is 5.73 Å². The standard InChI is InChI=1S/C12H22N2O/c1-2-12(7-8-12)11(15)14-10-5-3-9(13)4-6-10/h9-10H,2-8,13H2,1H3,(H,14,15). The van der Waals surface area contributed by atoms with Crippen LogP contribution < -0.4 is 11.1 Å². The predicted molar refractivity (Wildman–Crippen MR) is 60.3 cm³/mol. The molecule has 2 saturated carbocycles. The maximum atomic E-state index is 12.0. The fraction of sp³-hybridized carbons (Fsp3) is 0.917. The molecule has 3 N–H and O–H groups in total. The van der Waals surface area contributed by atoms with Crippen LogP contribution in [-0.4, -0.2) is 18.0 Å². The molecule has 0 heterocycles. The molecule has 2 aliphatic carbocycles. The van der Waals surface area contributed by atoms with Gasteiger partial charge in [0, 0.05) is 17.5 Å². The average Bonchev–Trinajstić information content (AvgIpc) is 3.02. The molecule has 2 fully saturated rings. The number of carbonyl (C=O) groups excluding carboxylic acids is 1. The Bertz CT molecular complexity index is 240. The average molecular weight is 210 g/mol. The van der Waals surface area contributed by atoms with E-state index in [0.717, 1.165) is 44.9 Å². The minimum absolute atomic E-state index is 0.0135. The Balaban J connectivity index is 1.79. The van der Waals surface area contributed by atoms with Crippen molar-refractivity contribution in [2.24, 2.45) is 11.1 Å². The Morgan fingerprint density at radius 1 is 1.33 bits per heavy atom. The Kier molecular flexibility index (Phi) is 3.01. The first kappa shape index (κ1) is 10.9. The lowest BCUT2D eigenvalue weighted by Gasteiger charge is -2.28. The van der Waals surface area contributed by atoms with Crippen LogP contribution in [0.25, 0.3) is 0 Å². The van der Waals surface area contributed by atoms with Gasteiger partial charge < -0.3 is 11.1 Å². The number of nitrogens with one attached hydrogen (secondary N) is 1. The van der Waals surface area contributed by atoms with Crippen LogP contribution in [0.3, 0.4) is 0 Å². The molecular weight excluding hydrogens is 188 g/mol. The van der Waals surface area contributed by atoms with Crippen LogP contribution in [0, 0.1) is 5.41 Å². The van der Waals surface area contributed by atoms with E-state index in [2.05, 4.69) is 12.2 Å². The summed E-state index contributed by atoms with van der Waals surface area (Å²) in [6.07, 6.45) is 7.40. The summed E-state index contributed by atoms with van der Waals surface area (Å²) in [6.45, 7) is 2.11. The third kappa shape index (κ3) is 2.33. The molecule has 3 heteroatoms. The Morgan fingerprint density at radius 2 is 1.93 bits per heavy atom. The summed E-state index contributed by atoms with van der Waals surface area (Å²) in [5, 5.41) is 3.20. The van der Waals surface area contributed by atoms with Crippen LogP contribution in [0.2, 0.25) is 0 Å². The second kappa shape index (κ2) is 4.12. The molecular formula is C12H22N2O. The van der Waals surface area contributed by atoms with Gasteiger partial charge in [0.15, 0.2) is 0 Å². The van der Waals surface area contributed by atoms with E-state index in [-0.39, 0.29) is 5.41 Å². The first-order valence-electron chi connectivity index (χ1n) is 6.23. The van der Waals surface area contributed by atoms with Gasteiger partial charge in [-0.15, -0.1) is 0 Å². The van der Waals surface area contributed by atoms with E-state index < -0.39 is 0 Å². The molecule has 0 aliphatic heterocycles. The zero-order valence-electron chi connectivity index (χ0n) is 9.59. The Labute approximate surface area is 91.8 Å². The lowest BCUT2D eigenvalue weighted by atomic mass is 9.91. The van der Waals surface area contributed by atoms with Crippen LogP contribution in [0.15, 0.2) is 0 Å². The first-order chi connectivity index (χ1) is 7.16. The van der Waals surface area contributed by atoms with Gasteiger partial charge in [0.25, 0.3) is 0 Å². The SMILES string of the molecule is CCC1(C(=O)NC2CCC(N)CC2)CC1. The summed E-state index contributed by atoms with van der Waals surface area (Å²) in [5.41, 5.74) is 5.85. The van der Waals surface area contributed by atoms with Gasteiger partial charge in [0.05, 0.1) is 0 Å². The summed E-state index contributed by atoms with van der Waals surface area (Å²) in [7, 11) is 0. The number of hydrogen-bond donors (Lipinski definition) is 2. The van der Waals surface area contributed by atoms with Crippen molar-refractivity contribution in [1.29, 1.82) is 0 Å². The van der Waals surface area contributed by atoms with Crippen molar-refractivity contribution in [3.05, 3.63) is 0 Å². The summed E-state index contributed by atoms with van der Waals surface area (Å²) >= 11 is 0. The normalized spacial score (nSPS) is 33.5. The summed E-state index contributed by atoms with van der Waals surface area (Å²) in [4.78, 5) is 12.0. The molecule has 0 bridgehead atoms. The predicted octanol–water partition coefficient (Wildman–Crippen LogP) is 1.56. The van der Waals surface area contributed by atoms with E-state index in [0.29, 0.717) is 18.0 Å². The fourth-order valence-electron chi connectivity index (χ4n) is 2.49. The second-order valence-corrected chi connectivity index (χ2v) is 5.22. The molecule has 0 aromatic rings. The molecule has 0 unspecified atom stereocenters. The minimum atomic E-state index is 0.0135. The van der Waals surface area contributed by atoms with E-state index in [1.807, 2.05) is 0 Å². The lowest BCUT2D eigenvalue weighted by molar-refractivity contribution is -0.127. The number of rotatable bonds is 3. The number of hydrogen-bond acceptors (Lipinski definition) is 2. The van der Waals surface area contributed by atoms with Crippen molar-refractivity contribution in [3.8, 4) is 0 Å². The summed E-state index contributed by atoms with van der Waals surface area (Å²) in [6, 6.07) is 0.750. The molecule has 0 radical (unpaired) electrons. The van der Waals surface area contributed by atoms with Crippen molar-refractivity contribution >= 4 is 5.91 Å². The van der Waals surface area contributed by atoms with Gasteiger partial charge in [-0.1, -0.05) is 6.92 Å². The third-order valence-electron chi connectivity index (χ3n) is 4.12. The highest BCUT2D eigenvalue weighted by molar-refractivity contribution is 5.85. The van der Waals surface area contributed by atoms with E-state index >= 15 is 0 Å². The van der Waals surface area contributed by atoms with Crippen LogP contribution >= 0.6 is 0 Å². The zero-order chi connectivity index (χ0) is 10.9. The molecule has 0 aromatic carbocycles. The molecule has 0 aromatic heterocycles. The van der Waals surface area contributed by atoms with Gasteiger partial charge in [-0.2, -0.15) is 0 Å². The van der Waals surface area contributed by atoms with Crippen molar-refractivity contribution < 1.29 is 4.79 Å². The third-order valence-corrected chi connectivity index (χ3v) is 4.12. The zero-order valence-corrected chi connectivity index (χ0v) is 9.59. The molecule has 0 saturated heterocycles. The Morgan fingerprint density at radius 3 is 2.40 bits per heavy atom. The molecule has 2 aliphatic rings. The maximum Gasteiger partial charge on any atom is 0.226 e. The van der Waals surface area contributed by atoms with Gasteiger partial charge in [-0.3, -0.25) is 4.79 Å². The largest absolute Gasteiger partial charge is 0.353 e. The molecule has 15 heavy (non-hydrogen) atoms. The van der Waals surface area contributed by atoms with Crippen LogP contribution in [0.1, 0.15) is 51.9 Å². The number of amides is 1. The van der Waals surface area contributed by atoms with Crippen LogP contribution in [-0.2, 0) is 4.79 Å².